The maximum absolute atomic E-state index is 14.2. The predicted octanol–water partition coefficient (Wildman–Crippen LogP) is 11.3. The average molecular weight is 1420 g/mol. The molecule has 6 aliphatic rings. The third kappa shape index (κ3) is 18.0. The third-order valence-electron chi connectivity index (χ3n) is 19.6. The van der Waals surface area contributed by atoms with Crippen LogP contribution in [-0.4, -0.2) is 138 Å². The van der Waals surface area contributed by atoms with Crippen molar-refractivity contribution in [2.75, 3.05) is 13.1 Å². The Morgan fingerprint density at radius 3 is 1.39 bits per heavy atom. The Kier molecular flexibility index (Phi) is 25.1. The SMILES string of the molecule is CC[C@@H]1[C@@H]2CN(C(=O)[C@H](C(C)(C)C)NC(=O)O[C@@H]3CCC[C@H]3CCCCCc3nc4ccc(OCc5ncc(C)o5)cc4nc3O2)[C@@H]1[C-]=O.CC[C@@H]1[C@@H]2CN(C(=O)[C@H](C(C)(C)C)NC(=O)O[C@@H]3C[C@H]3CCCCCc3nc4ccc(OCc5ncc(C)o5)cc4nc3O2)[C@@H]1[C-]=O.[V].[V]. The number of hydrogen-bond donors (Lipinski definition) is 2. The first-order chi connectivity index (χ1) is 46.1. The standard InChI is InChI=1S/C37H48N5O7.C35H44N5O7.2V/c1-6-25-29(20-43)42-19-31(25)48-34-27(39-26-16-15-24(17-28(26)40-34)46-21-32-38-18-22(2)47-32)13-9-7-8-11-23-12-10-14-30(23)49-36(45)41-33(35(42)44)37(3,4)5;1-6-23-27(18-41)40-17-29(23)46-32-25(37-24-13-12-22(15-26(24)38-32)44-19-30-36-16-20(2)45-30)11-9-7-8-10-21-14-28(21)47-34(43)39-31(33(40)42)35(3,4)5;;/h15-18,23,25,29-31,33H,6-14,19,21H2,1-5H3,(H,41,45);12-13,15-16,21,23,27-29,31H,6-11,14,17,19H2,1-5H3,(H,39,43);;/q2*-1;;/t23-,25+,29-,30-,31+,33-;21-,23+,27-,28-,29+,31-;;/m11../s1. The van der Waals surface area contributed by atoms with E-state index in [2.05, 4.69) is 33.2 Å². The summed E-state index contributed by atoms with van der Waals surface area (Å²) in [6.45, 7) is 19.5. The molecular formula is C72H92N10O14V2-2. The number of rotatable bonds is 10. The van der Waals surface area contributed by atoms with Gasteiger partial charge in [-0.15, -0.1) is 0 Å². The molecule has 2 saturated heterocycles. The number of hydrogen-bond acceptors (Lipinski definition) is 20. The van der Waals surface area contributed by atoms with E-state index in [1.165, 1.54) is 9.80 Å². The van der Waals surface area contributed by atoms with Gasteiger partial charge in [0.2, 0.25) is 35.4 Å². The number of carbonyl (C=O) groups is 4. The average Bonchev–Trinajstić information content (AvgIpc) is 1.64. The van der Waals surface area contributed by atoms with E-state index in [4.69, 9.17) is 57.2 Å². The van der Waals surface area contributed by atoms with Gasteiger partial charge in [-0.25, -0.2) is 52.1 Å². The van der Waals surface area contributed by atoms with Gasteiger partial charge in [0.05, 0.1) is 47.6 Å². The minimum Gasteiger partial charge on any atom is -0.540 e. The number of ether oxygens (including phenoxy) is 6. The number of amides is 4. The van der Waals surface area contributed by atoms with Crippen LogP contribution in [0.4, 0.5) is 9.59 Å². The number of benzene rings is 2. The minimum atomic E-state index is -0.916. The number of fused-ring (bicyclic) bond motifs is 10. The summed E-state index contributed by atoms with van der Waals surface area (Å²) < 4.78 is 47.9. The number of aromatic nitrogens is 6. The Hall–Kier alpha value is -7.27. The van der Waals surface area contributed by atoms with Crippen LogP contribution in [0.15, 0.2) is 57.6 Å². The first-order valence-electron chi connectivity index (χ1n) is 34.4. The number of carbonyl (C=O) groups excluding carboxylic acids is 6. The maximum atomic E-state index is 14.2. The summed E-state index contributed by atoms with van der Waals surface area (Å²) in [5, 5.41) is 5.70. The topological polar surface area (TPSA) is 292 Å². The molecule has 12 rings (SSSR count). The third-order valence-corrected chi connectivity index (χ3v) is 19.6. The first-order valence-corrected chi connectivity index (χ1v) is 34.4. The molecule has 4 amide bonds. The van der Waals surface area contributed by atoms with Crippen LogP contribution in [0.3, 0.4) is 0 Å². The fraction of sp³-hybridized carbons (Fsp3) is 0.611. The largest absolute Gasteiger partial charge is 0.540 e. The molecule has 4 bridgehead atoms. The van der Waals surface area contributed by atoms with Crippen molar-refractivity contribution in [3.63, 3.8) is 0 Å². The fourth-order valence-electron chi connectivity index (χ4n) is 14.2. The smallest absolute Gasteiger partial charge is 0.408 e. The molecule has 4 aliphatic heterocycles. The van der Waals surface area contributed by atoms with E-state index < -0.39 is 59.4 Å². The van der Waals surface area contributed by atoms with E-state index in [1.54, 1.807) is 12.4 Å². The molecule has 2 saturated carbocycles. The zero-order chi connectivity index (χ0) is 68.0. The van der Waals surface area contributed by atoms with Crippen LogP contribution in [0.5, 0.6) is 23.3 Å². The van der Waals surface area contributed by atoms with Crippen molar-refractivity contribution in [2.24, 2.45) is 34.5 Å². The predicted molar refractivity (Wildman–Crippen MR) is 352 cm³/mol. The van der Waals surface area contributed by atoms with Gasteiger partial charge in [0, 0.05) is 49.2 Å². The zero-order valence-electron chi connectivity index (χ0n) is 57.9. The number of alkyl carbamates (subject to hydrolysis) is 2. The van der Waals surface area contributed by atoms with Crippen LogP contribution in [0, 0.1) is 48.3 Å². The van der Waals surface area contributed by atoms with Gasteiger partial charge in [-0.2, -0.15) is 0 Å². The Morgan fingerprint density at radius 2 is 0.969 bits per heavy atom. The van der Waals surface area contributed by atoms with E-state index >= 15 is 0 Å². The van der Waals surface area contributed by atoms with Crippen molar-refractivity contribution in [2.45, 2.75) is 234 Å². The van der Waals surface area contributed by atoms with Crippen molar-refractivity contribution in [3.8, 4) is 23.3 Å². The molecule has 4 aromatic heterocycles. The second-order valence-electron chi connectivity index (χ2n) is 28.8. The summed E-state index contributed by atoms with van der Waals surface area (Å²) >= 11 is 0. The summed E-state index contributed by atoms with van der Waals surface area (Å²) in [6, 6.07) is 7.56. The van der Waals surface area contributed by atoms with Gasteiger partial charge >= 0.3 is 12.2 Å². The van der Waals surface area contributed by atoms with Crippen LogP contribution in [0.1, 0.15) is 180 Å². The molecule has 2 N–H and O–H groups in total. The summed E-state index contributed by atoms with van der Waals surface area (Å²) in [5.41, 5.74) is 2.81. The van der Waals surface area contributed by atoms with Crippen LogP contribution in [-0.2, 0) is 91.8 Å². The second-order valence-corrected chi connectivity index (χ2v) is 28.8. The van der Waals surface area contributed by atoms with Crippen molar-refractivity contribution >= 4 is 58.6 Å². The van der Waals surface area contributed by atoms with Gasteiger partial charge < -0.3 is 67.3 Å². The first kappa shape index (κ1) is 74.9. The Balaban J connectivity index is 0.000000225. The van der Waals surface area contributed by atoms with Gasteiger partial charge in [-0.3, -0.25) is 9.59 Å². The van der Waals surface area contributed by atoms with Crippen molar-refractivity contribution in [3.05, 3.63) is 83.5 Å². The van der Waals surface area contributed by atoms with Crippen LogP contribution in [0.2, 0.25) is 0 Å². The maximum Gasteiger partial charge on any atom is 0.408 e. The molecule has 26 heteroatoms. The Bertz CT molecular complexity index is 3760. The van der Waals surface area contributed by atoms with Crippen molar-refractivity contribution in [1.29, 1.82) is 0 Å². The molecule has 6 aromatic rings. The number of aryl methyl sites for hydroxylation is 4. The van der Waals surface area contributed by atoms with E-state index in [9.17, 15) is 28.8 Å². The van der Waals surface area contributed by atoms with E-state index in [0.29, 0.717) is 100 Å². The Labute approximate surface area is 596 Å². The molecule has 12 atom stereocenters. The van der Waals surface area contributed by atoms with Crippen LogP contribution in [0.25, 0.3) is 22.1 Å². The van der Waals surface area contributed by atoms with Crippen molar-refractivity contribution < 1.29 is 103 Å². The quantitative estimate of drug-likeness (QED) is 0.120. The van der Waals surface area contributed by atoms with Crippen molar-refractivity contribution in [1.82, 2.24) is 50.3 Å². The van der Waals surface area contributed by atoms with E-state index in [1.807, 2.05) is 106 Å². The molecule has 2 aliphatic carbocycles. The number of nitrogens with one attached hydrogen (secondary N) is 2. The van der Waals surface area contributed by atoms with Gasteiger partial charge in [0.1, 0.15) is 70.9 Å². The minimum absolute atomic E-state index is 0. The van der Waals surface area contributed by atoms with Crippen LogP contribution >= 0.6 is 0 Å². The number of nitrogens with zero attached hydrogens (tertiary/aromatic N) is 8. The van der Waals surface area contributed by atoms with Gasteiger partial charge in [0.15, 0.2) is 13.2 Å². The molecule has 98 heavy (non-hydrogen) atoms. The Morgan fingerprint density at radius 1 is 0.531 bits per heavy atom. The summed E-state index contributed by atoms with van der Waals surface area (Å²) in [5.74, 6) is 3.54. The normalized spacial score (nSPS) is 26.4. The number of oxazole rings is 2. The molecule has 8 heterocycles. The molecule has 0 unspecified atom stereocenters. The summed E-state index contributed by atoms with van der Waals surface area (Å²) in [7, 11) is 0. The van der Waals surface area contributed by atoms with Crippen LogP contribution < -0.4 is 29.6 Å². The summed E-state index contributed by atoms with van der Waals surface area (Å²) in [6.07, 6.45) is 18.8. The zero-order valence-corrected chi connectivity index (χ0v) is 60.7. The van der Waals surface area contributed by atoms with Gasteiger partial charge in [-0.1, -0.05) is 106 Å². The van der Waals surface area contributed by atoms with Gasteiger partial charge in [0.25, 0.3) is 0 Å². The molecular weight excluding hydrogens is 1330 g/mol. The molecule has 24 nitrogen and oxygen atoms in total. The molecule has 2 radical (unpaired) electrons. The molecule has 0 spiro atoms. The molecule has 4 fully saturated rings. The molecule has 2 aromatic carbocycles. The fourth-order valence-corrected chi connectivity index (χ4v) is 14.2. The molecule has 526 valence electrons. The summed E-state index contributed by atoms with van der Waals surface area (Å²) in [4.78, 5) is 111. The monoisotopic (exact) mass is 1420 g/mol. The van der Waals surface area contributed by atoms with Gasteiger partial charge in [-0.05, 0) is 137 Å². The van der Waals surface area contributed by atoms with E-state index in [0.717, 1.165) is 88.4 Å². The second kappa shape index (κ2) is 32.8. The van der Waals surface area contributed by atoms with E-state index in [-0.39, 0.29) is 105 Å².